The second-order valence-electron chi connectivity index (χ2n) is 6.76. The molecule has 4 aromatic rings. The zero-order valence-electron chi connectivity index (χ0n) is 17.2. The highest BCUT2D eigenvalue weighted by Gasteiger charge is 2.18. The first kappa shape index (κ1) is 20.1. The van der Waals surface area contributed by atoms with Gasteiger partial charge in [-0.15, -0.1) is 0 Å². The van der Waals surface area contributed by atoms with Crippen molar-refractivity contribution in [3.05, 3.63) is 77.7 Å². The molecule has 1 N–H and O–H groups in total. The van der Waals surface area contributed by atoms with Crippen molar-refractivity contribution in [3.63, 3.8) is 0 Å². The lowest BCUT2D eigenvalue weighted by molar-refractivity contribution is 0.271. The molecule has 0 fully saturated rings. The van der Waals surface area contributed by atoms with E-state index >= 15 is 0 Å². The zero-order valence-corrected chi connectivity index (χ0v) is 17.2. The van der Waals surface area contributed by atoms with Crippen LogP contribution in [0.3, 0.4) is 0 Å². The van der Waals surface area contributed by atoms with Crippen molar-refractivity contribution in [3.8, 4) is 29.2 Å². The number of ether oxygens (including phenoxy) is 2. The van der Waals surface area contributed by atoms with Crippen LogP contribution in [0.4, 0.5) is 11.6 Å². The standard InChI is InChI=1S/C24H21N3O4/c1-3-28-18-10-6-17(7-11-18)26-23-21(14-25)27-24(31-23)22-13-12-20(30-22)15-29-19-8-4-16(2)5-9-19/h4-13,26H,3,15H2,1-2H3. The van der Waals surface area contributed by atoms with E-state index in [-0.39, 0.29) is 24.1 Å². The minimum atomic E-state index is 0.137. The molecule has 7 nitrogen and oxygen atoms in total. The van der Waals surface area contributed by atoms with E-state index in [1.54, 1.807) is 12.1 Å². The van der Waals surface area contributed by atoms with Crippen LogP contribution in [0.25, 0.3) is 11.7 Å². The third-order valence-electron chi connectivity index (χ3n) is 4.43. The van der Waals surface area contributed by atoms with Gasteiger partial charge >= 0.3 is 0 Å². The summed E-state index contributed by atoms with van der Waals surface area (Å²) in [6, 6.07) is 20.7. The van der Waals surface area contributed by atoms with Gasteiger partial charge in [0.25, 0.3) is 5.89 Å². The molecule has 0 saturated heterocycles. The second-order valence-corrected chi connectivity index (χ2v) is 6.76. The number of benzene rings is 2. The highest BCUT2D eigenvalue weighted by atomic mass is 16.5. The summed E-state index contributed by atoms with van der Waals surface area (Å²) >= 11 is 0. The van der Waals surface area contributed by atoms with Gasteiger partial charge in [-0.05, 0) is 62.4 Å². The van der Waals surface area contributed by atoms with Crippen LogP contribution in [0.5, 0.6) is 11.5 Å². The summed E-state index contributed by atoms with van der Waals surface area (Å²) in [4.78, 5) is 4.23. The van der Waals surface area contributed by atoms with Crippen LogP contribution in [-0.2, 0) is 6.61 Å². The summed E-state index contributed by atoms with van der Waals surface area (Å²) in [6.07, 6.45) is 0. The largest absolute Gasteiger partial charge is 0.494 e. The molecule has 2 aromatic heterocycles. The number of nitrogens with one attached hydrogen (secondary N) is 1. The van der Waals surface area contributed by atoms with Gasteiger partial charge in [0.2, 0.25) is 11.6 Å². The van der Waals surface area contributed by atoms with E-state index in [4.69, 9.17) is 18.3 Å². The lowest BCUT2D eigenvalue weighted by atomic mass is 10.2. The Kier molecular flexibility index (Phi) is 5.90. The van der Waals surface area contributed by atoms with Crippen molar-refractivity contribution >= 4 is 11.6 Å². The number of aryl methyl sites for hydroxylation is 1. The average Bonchev–Trinajstić information content (AvgIpc) is 3.42. The van der Waals surface area contributed by atoms with Crippen molar-refractivity contribution in [2.75, 3.05) is 11.9 Å². The lowest BCUT2D eigenvalue weighted by Gasteiger charge is -2.05. The van der Waals surface area contributed by atoms with E-state index in [0.717, 1.165) is 17.2 Å². The van der Waals surface area contributed by atoms with E-state index in [1.807, 2.05) is 68.4 Å². The molecule has 0 amide bonds. The Bertz CT molecular complexity index is 1190. The van der Waals surface area contributed by atoms with Gasteiger partial charge in [-0.1, -0.05) is 17.7 Å². The monoisotopic (exact) mass is 415 g/mol. The number of hydrogen-bond acceptors (Lipinski definition) is 7. The maximum atomic E-state index is 9.42. The van der Waals surface area contributed by atoms with Gasteiger partial charge in [0, 0.05) is 5.69 Å². The SMILES string of the molecule is CCOc1ccc(Nc2oc(-c3ccc(COc4ccc(C)cc4)o3)nc2C#N)cc1. The van der Waals surface area contributed by atoms with Crippen molar-refractivity contribution in [2.24, 2.45) is 0 Å². The summed E-state index contributed by atoms with van der Waals surface area (Å²) in [7, 11) is 0. The van der Waals surface area contributed by atoms with Crippen molar-refractivity contribution in [1.29, 1.82) is 5.26 Å². The molecule has 0 radical (unpaired) electrons. The Morgan fingerprint density at radius 2 is 1.65 bits per heavy atom. The Morgan fingerprint density at radius 3 is 2.35 bits per heavy atom. The lowest BCUT2D eigenvalue weighted by Crippen LogP contribution is -1.93. The quantitative estimate of drug-likeness (QED) is 0.386. The number of hydrogen-bond donors (Lipinski definition) is 1. The summed E-state index contributed by atoms with van der Waals surface area (Å²) < 4.78 is 22.7. The Labute approximate surface area is 179 Å². The van der Waals surface area contributed by atoms with Gasteiger partial charge in [0.1, 0.15) is 29.9 Å². The van der Waals surface area contributed by atoms with Gasteiger partial charge in [-0.25, -0.2) is 0 Å². The predicted molar refractivity (Wildman–Crippen MR) is 115 cm³/mol. The first-order chi connectivity index (χ1) is 15.1. The predicted octanol–water partition coefficient (Wildman–Crippen LogP) is 5.84. The van der Waals surface area contributed by atoms with Gasteiger partial charge in [-0.3, -0.25) is 0 Å². The molecule has 156 valence electrons. The summed E-state index contributed by atoms with van der Waals surface area (Å²) in [5.74, 6) is 3.02. The van der Waals surface area contributed by atoms with E-state index in [0.29, 0.717) is 18.1 Å². The molecule has 7 heteroatoms. The van der Waals surface area contributed by atoms with Crippen LogP contribution in [0.1, 0.15) is 23.9 Å². The smallest absolute Gasteiger partial charge is 0.266 e. The molecule has 0 aliphatic carbocycles. The van der Waals surface area contributed by atoms with Gasteiger partial charge in [-0.2, -0.15) is 10.2 Å². The Hall–Kier alpha value is -4.18. The van der Waals surface area contributed by atoms with Crippen LogP contribution in [-0.4, -0.2) is 11.6 Å². The van der Waals surface area contributed by atoms with Crippen molar-refractivity contribution in [1.82, 2.24) is 4.98 Å². The molecule has 0 aliphatic heterocycles. The van der Waals surface area contributed by atoms with E-state index in [9.17, 15) is 5.26 Å². The van der Waals surface area contributed by atoms with Crippen LogP contribution in [0, 0.1) is 18.3 Å². The van der Waals surface area contributed by atoms with Crippen molar-refractivity contribution < 1.29 is 18.3 Å². The van der Waals surface area contributed by atoms with Gasteiger partial charge in [0.15, 0.2) is 5.76 Å². The van der Waals surface area contributed by atoms with Crippen LogP contribution < -0.4 is 14.8 Å². The number of rotatable bonds is 8. The van der Waals surface area contributed by atoms with Crippen LogP contribution in [0.2, 0.25) is 0 Å². The number of nitrogens with zero attached hydrogens (tertiary/aromatic N) is 2. The first-order valence-electron chi connectivity index (χ1n) is 9.84. The van der Waals surface area contributed by atoms with Crippen LogP contribution >= 0.6 is 0 Å². The average molecular weight is 415 g/mol. The number of aromatic nitrogens is 1. The topological polar surface area (TPSA) is 93.4 Å². The number of oxazole rings is 1. The molecular formula is C24H21N3O4. The fraction of sp³-hybridized carbons (Fsp3) is 0.167. The minimum absolute atomic E-state index is 0.137. The van der Waals surface area contributed by atoms with Gasteiger partial charge < -0.3 is 23.6 Å². The van der Waals surface area contributed by atoms with E-state index in [1.165, 1.54) is 5.56 Å². The third-order valence-corrected chi connectivity index (χ3v) is 4.43. The second kappa shape index (κ2) is 9.09. The molecule has 0 saturated carbocycles. The maximum Gasteiger partial charge on any atom is 0.266 e. The highest BCUT2D eigenvalue weighted by Crippen LogP contribution is 2.30. The third kappa shape index (κ3) is 4.87. The molecule has 0 aliphatic rings. The van der Waals surface area contributed by atoms with Crippen LogP contribution in [0.15, 0.2) is 69.5 Å². The molecule has 2 aromatic carbocycles. The first-order valence-corrected chi connectivity index (χ1v) is 9.84. The molecular weight excluding hydrogens is 394 g/mol. The maximum absolute atomic E-state index is 9.42. The number of anilines is 2. The normalized spacial score (nSPS) is 10.5. The summed E-state index contributed by atoms with van der Waals surface area (Å²) in [6.45, 7) is 4.81. The fourth-order valence-electron chi connectivity index (χ4n) is 2.88. The summed E-state index contributed by atoms with van der Waals surface area (Å²) in [5, 5.41) is 12.5. The van der Waals surface area contributed by atoms with Crippen molar-refractivity contribution in [2.45, 2.75) is 20.5 Å². The molecule has 31 heavy (non-hydrogen) atoms. The molecule has 4 rings (SSSR count). The fourth-order valence-corrected chi connectivity index (χ4v) is 2.88. The minimum Gasteiger partial charge on any atom is -0.494 e. The summed E-state index contributed by atoms with van der Waals surface area (Å²) in [5.41, 5.74) is 2.05. The van der Waals surface area contributed by atoms with Gasteiger partial charge in [0.05, 0.1) is 6.61 Å². The molecule has 0 spiro atoms. The number of furan rings is 1. The zero-order chi connectivity index (χ0) is 21.6. The molecule has 0 atom stereocenters. The number of nitriles is 1. The Morgan fingerprint density at radius 1 is 0.935 bits per heavy atom. The molecule has 2 heterocycles. The Balaban J connectivity index is 1.46. The van der Waals surface area contributed by atoms with E-state index in [2.05, 4.69) is 10.3 Å². The molecule has 0 unspecified atom stereocenters. The molecule has 0 bridgehead atoms. The highest BCUT2D eigenvalue weighted by molar-refractivity contribution is 5.62. The van der Waals surface area contributed by atoms with E-state index < -0.39 is 0 Å².